The van der Waals surface area contributed by atoms with E-state index in [0.29, 0.717) is 31.4 Å². The van der Waals surface area contributed by atoms with Crippen molar-refractivity contribution in [1.82, 2.24) is 5.32 Å². The predicted molar refractivity (Wildman–Crippen MR) is 106 cm³/mol. The topological polar surface area (TPSA) is 86.7 Å². The average molecular weight is 380 g/mol. The lowest BCUT2D eigenvalue weighted by molar-refractivity contribution is -0.137. The predicted octanol–water partition coefficient (Wildman–Crippen LogP) is 3.02. The molecule has 146 valence electrons. The molecule has 1 fully saturated rings. The Bertz CT molecular complexity index is 833. The number of nitrogens with one attached hydrogen (secondary N) is 1. The summed E-state index contributed by atoms with van der Waals surface area (Å²) in [5.41, 5.74) is 2.33. The number of carbonyl (C=O) groups is 3. The fraction of sp³-hybridized carbons (Fsp3) is 0.318. The number of amides is 2. The first kappa shape index (κ1) is 19.6. The monoisotopic (exact) mass is 380 g/mol. The summed E-state index contributed by atoms with van der Waals surface area (Å²) in [5.74, 6) is -1.02. The van der Waals surface area contributed by atoms with Gasteiger partial charge in [-0.3, -0.25) is 14.4 Å². The molecular formula is C22H24N2O4. The van der Waals surface area contributed by atoms with Gasteiger partial charge in [0.25, 0.3) is 5.91 Å². The Balaban J connectivity index is 1.66. The number of aliphatic carboxylic acids is 1. The van der Waals surface area contributed by atoms with Gasteiger partial charge in [0, 0.05) is 36.7 Å². The molecule has 0 radical (unpaired) electrons. The Hall–Kier alpha value is -3.15. The molecule has 1 aliphatic heterocycles. The van der Waals surface area contributed by atoms with Crippen LogP contribution in [0.5, 0.6) is 0 Å². The first-order valence-corrected chi connectivity index (χ1v) is 9.50. The third-order valence-corrected chi connectivity index (χ3v) is 4.88. The van der Waals surface area contributed by atoms with Crippen molar-refractivity contribution in [1.29, 1.82) is 0 Å². The second-order valence-electron chi connectivity index (χ2n) is 6.99. The van der Waals surface area contributed by atoms with Gasteiger partial charge in [0.05, 0.1) is 0 Å². The van der Waals surface area contributed by atoms with Crippen LogP contribution in [0.3, 0.4) is 0 Å². The summed E-state index contributed by atoms with van der Waals surface area (Å²) >= 11 is 0. The van der Waals surface area contributed by atoms with Gasteiger partial charge in [-0.2, -0.15) is 0 Å². The van der Waals surface area contributed by atoms with Crippen molar-refractivity contribution < 1.29 is 19.5 Å². The van der Waals surface area contributed by atoms with Gasteiger partial charge >= 0.3 is 5.97 Å². The molecule has 0 aromatic heterocycles. The number of carboxylic acids is 1. The third-order valence-electron chi connectivity index (χ3n) is 4.88. The number of nitrogens with zero attached hydrogens (tertiary/aromatic N) is 1. The van der Waals surface area contributed by atoms with Crippen LogP contribution < -0.4 is 10.2 Å². The molecule has 2 aromatic rings. The second kappa shape index (κ2) is 9.17. The summed E-state index contributed by atoms with van der Waals surface area (Å²) in [7, 11) is 0. The Morgan fingerprint density at radius 2 is 1.79 bits per heavy atom. The van der Waals surface area contributed by atoms with Crippen LogP contribution in [0.1, 0.15) is 41.6 Å². The molecule has 2 aromatic carbocycles. The molecule has 6 nitrogen and oxygen atoms in total. The highest BCUT2D eigenvalue weighted by molar-refractivity contribution is 5.97. The van der Waals surface area contributed by atoms with E-state index in [4.69, 9.17) is 5.11 Å². The zero-order chi connectivity index (χ0) is 19.9. The Morgan fingerprint density at radius 1 is 1.07 bits per heavy atom. The highest BCUT2D eigenvalue weighted by atomic mass is 16.4. The Kier molecular flexibility index (Phi) is 6.42. The van der Waals surface area contributed by atoms with Crippen molar-refractivity contribution in [3.05, 3.63) is 65.7 Å². The van der Waals surface area contributed by atoms with Crippen LogP contribution in [-0.4, -0.2) is 35.5 Å². The first-order valence-electron chi connectivity index (χ1n) is 9.50. The van der Waals surface area contributed by atoms with Crippen molar-refractivity contribution in [3.8, 4) is 0 Å². The van der Waals surface area contributed by atoms with Gasteiger partial charge in [0.15, 0.2) is 0 Å². The standard InChI is InChI=1S/C22H24N2O4/c25-20-7-4-14-24(20)19-11-8-17(9-12-19)22(28)23-18(10-13-21(26)27)15-16-5-2-1-3-6-16/h1-3,5-6,8-9,11-12,18H,4,7,10,13-15H2,(H,23,28)(H,26,27). The number of carboxylic acid groups (broad SMARTS) is 1. The van der Waals surface area contributed by atoms with E-state index in [2.05, 4.69) is 5.32 Å². The molecule has 1 saturated heterocycles. The SMILES string of the molecule is O=C(O)CCC(Cc1ccccc1)NC(=O)c1ccc(N2CCCC2=O)cc1. The zero-order valence-corrected chi connectivity index (χ0v) is 15.6. The summed E-state index contributed by atoms with van der Waals surface area (Å²) in [6.07, 6.45) is 2.34. The number of benzene rings is 2. The van der Waals surface area contributed by atoms with E-state index >= 15 is 0 Å². The van der Waals surface area contributed by atoms with Crippen molar-refractivity contribution in [2.45, 2.75) is 38.1 Å². The summed E-state index contributed by atoms with van der Waals surface area (Å²) in [5, 5.41) is 11.9. The lowest BCUT2D eigenvalue weighted by Gasteiger charge is -2.19. The minimum absolute atomic E-state index is 0.00616. The molecule has 0 bridgehead atoms. The lowest BCUT2D eigenvalue weighted by atomic mass is 10.0. The molecule has 6 heteroatoms. The maximum atomic E-state index is 12.6. The van der Waals surface area contributed by atoms with Crippen LogP contribution in [0, 0.1) is 0 Å². The molecule has 0 saturated carbocycles. The molecule has 3 rings (SSSR count). The Labute approximate surface area is 164 Å². The molecule has 1 aliphatic rings. The molecule has 0 spiro atoms. The first-order chi connectivity index (χ1) is 13.5. The summed E-state index contributed by atoms with van der Waals surface area (Å²) in [6, 6.07) is 16.4. The summed E-state index contributed by atoms with van der Waals surface area (Å²) in [4.78, 5) is 37.2. The number of anilines is 1. The van der Waals surface area contributed by atoms with Crippen LogP contribution in [0.25, 0.3) is 0 Å². The molecule has 1 atom stereocenters. The molecule has 0 aliphatic carbocycles. The molecule has 2 amide bonds. The molecule has 28 heavy (non-hydrogen) atoms. The van der Waals surface area contributed by atoms with Crippen molar-refractivity contribution >= 4 is 23.5 Å². The zero-order valence-electron chi connectivity index (χ0n) is 15.6. The van der Waals surface area contributed by atoms with Gasteiger partial charge in [-0.25, -0.2) is 0 Å². The van der Waals surface area contributed by atoms with E-state index in [1.165, 1.54) is 0 Å². The smallest absolute Gasteiger partial charge is 0.303 e. The van der Waals surface area contributed by atoms with Crippen LogP contribution >= 0.6 is 0 Å². The molecule has 1 unspecified atom stereocenters. The van der Waals surface area contributed by atoms with E-state index in [0.717, 1.165) is 17.7 Å². The number of hydrogen-bond donors (Lipinski definition) is 2. The highest BCUT2D eigenvalue weighted by Gasteiger charge is 2.22. The number of hydrogen-bond acceptors (Lipinski definition) is 3. The van der Waals surface area contributed by atoms with E-state index in [-0.39, 0.29) is 24.3 Å². The summed E-state index contributed by atoms with van der Waals surface area (Å²) in [6.45, 7) is 0.707. The highest BCUT2D eigenvalue weighted by Crippen LogP contribution is 2.21. The number of rotatable bonds is 8. The largest absolute Gasteiger partial charge is 0.481 e. The fourth-order valence-electron chi connectivity index (χ4n) is 3.40. The van der Waals surface area contributed by atoms with Crippen LogP contribution in [0.15, 0.2) is 54.6 Å². The van der Waals surface area contributed by atoms with Crippen molar-refractivity contribution in [3.63, 3.8) is 0 Å². The quantitative estimate of drug-likeness (QED) is 0.737. The maximum Gasteiger partial charge on any atom is 0.303 e. The van der Waals surface area contributed by atoms with Gasteiger partial charge in [-0.05, 0) is 49.1 Å². The number of carbonyl (C=O) groups excluding carboxylic acids is 2. The Morgan fingerprint density at radius 3 is 2.39 bits per heavy atom. The van der Waals surface area contributed by atoms with Gasteiger partial charge in [0.1, 0.15) is 0 Å². The van der Waals surface area contributed by atoms with Crippen LogP contribution in [0.4, 0.5) is 5.69 Å². The van der Waals surface area contributed by atoms with E-state index in [1.54, 1.807) is 29.2 Å². The van der Waals surface area contributed by atoms with Crippen LogP contribution in [0.2, 0.25) is 0 Å². The minimum Gasteiger partial charge on any atom is -0.481 e. The second-order valence-corrected chi connectivity index (χ2v) is 6.99. The van der Waals surface area contributed by atoms with Crippen LogP contribution in [-0.2, 0) is 16.0 Å². The van der Waals surface area contributed by atoms with E-state index in [1.807, 2.05) is 30.3 Å². The molecule has 1 heterocycles. The maximum absolute atomic E-state index is 12.6. The molecule has 2 N–H and O–H groups in total. The van der Waals surface area contributed by atoms with E-state index < -0.39 is 5.97 Å². The fourth-order valence-corrected chi connectivity index (χ4v) is 3.40. The van der Waals surface area contributed by atoms with Gasteiger partial charge < -0.3 is 15.3 Å². The van der Waals surface area contributed by atoms with Crippen molar-refractivity contribution in [2.24, 2.45) is 0 Å². The van der Waals surface area contributed by atoms with Gasteiger partial charge in [-0.15, -0.1) is 0 Å². The van der Waals surface area contributed by atoms with Gasteiger partial charge in [0.2, 0.25) is 5.91 Å². The minimum atomic E-state index is -0.882. The molecular weight excluding hydrogens is 356 g/mol. The van der Waals surface area contributed by atoms with Crippen molar-refractivity contribution in [2.75, 3.05) is 11.4 Å². The average Bonchev–Trinajstić information content (AvgIpc) is 3.13. The lowest BCUT2D eigenvalue weighted by Crippen LogP contribution is -2.37. The van der Waals surface area contributed by atoms with E-state index in [9.17, 15) is 14.4 Å². The summed E-state index contributed by atoms with van der Waals surface area (Å²) < 4.78 is 0. The van der Waals surface area contributed by atoms with Gasteiger partial charge in [-0.1, -0.05) is 30.3 Å². The third kappa shape index (κ3) is 5.19. The normalized spacial score (nSPS) is 14.7.